The highest BCUT2D eigenvalue weighted by atomic mass is 16.5. The zero-order valence-electron chi connectivity index (χ0n) is 20.7. The van der Waals surface area contributed by atoms with Gasteiger partial charge in [0, 0.05) is 44.3 Å². The van der Waals surface area contributed by atoms with Crippen LogP contribution in [0.5, 0.6) is 0 Å². The van der Waals surface area contributed by atoms with E-state index in [0.717, 1.165) is 32.6 Å². The minimum atomic E-state index is -0.536. The molecule has 2 fully saturated rings. The van der Waals surface area contributed by atoms with E-state index in [0.29, 0.717) is 30.5 Å². The lowest BCUT2D eigenvalue weighted by molar-refractivity contribution is -0.122. The minimum Gasteiger partial charge on any atom is -0.448 e. The molecule has 3 aliphatic rings. The third kappa shape index (κ3) is 4.84. The van der Waals surface area contributed by atoms with Gasteiger partial charge in [-0.2, -0.15) is 0 Å². The summed E-state index contributed by atoms with van der Waals surface area (Å²) in [6.45, 7) is 3.57. The molecule has 2 saturated heterocycles. The van der Waals surface area contributed by atoms with Gasteiger partial charge < -0.3 is 14.4 Å². The molecule has 2 aliphatic heterocycles. The standard InChI is InChI=1S/C30H30N3O4/c34-29-19-32(22-12-16-36-17-13-22)14-15-33(29)23-7-5-6-21(18-23)31-30(35)37-20-28-26-10-3-1-8-24(26)25-9-2-4-11-27(25)28/h1-11,22,28H,12-17,19-20H2,(H,31,35). The van der Waals surface area contributed by atoms with Crippen LogP contribution in [0.1, 0.15) is 29.9 Å². The topological polar surface area (TPSA) is 71.1 Å². The van der Waals surface area contributed by atoms with Gasteiger partial charge in [-0.1, -0.05) is 54.6 Å². The molecule has 1 N–H and O–H groups in total. The lowest BCUT2D eigenvalue weighted by Crippen LogP contribution is -2.54. The Kier molecular flexibility index (Phi) is 6.64. The van der Waals surface area contributed by atoms with Crippen LogP contribution in [0.3, 0.4) is 0 Å². The molecule has 0 spiro atoms. The van der Waals surface area contributed by atoms with Crippen molar-refractivity contribution < 1.29 is 19.1 Å². The molecule has 1 aliphatic carbocycles. The van der Waals surface area contributed by atoms with Crippen LogP contribution in [-0.4, -0.2) is 62.4 Å². The maximum atomic E-state index is 13.0. The van der Waals surface area contributed by atoms with E-state index in [-0.39, 0.29) is 18.4 Å². The second-order valence-electron chi connectivity index (χ2n) is 9.76. The second-order valence-corrected chi connectivity index (χ2v) is 9.76. The molecule has 0 saturated carbocycles. The molecule has 2 amide bonds. The van der Waals surface area contributed by atoms with Crippen LogP contribution in [0.4, 0.5) is 16.2 Å². The Bertz CT molecular complexity index is 1260. The van der Waals surface area contributed by atoms with Crippen molar-refractivity contribution in [3.8, 4) is 11.1 Å². The summed E-state index contributed by atoms with van der Waals surface area (Å²) in [6, 6.07) is 25.5. The second kappa shape index (κ2) is 10.4. The summed E-state index contributed by atoms with van der Waals surface area (Å²) in [7, 11) is 0. The van der Waals surface area contributed by atoms with Crippen molar-refractivity contribution in [3.63, 3.8) is 0 Å². The fraction of sp³-hybridized carbons (Fsp3) is 0.333. The fourth-order valence-corrected chi connectivity index (χ4v) is 5.74. The van der Waals surface area contributed by atoms with Crippen LogP contribution in [0.2, 0.25) is 0 Å². The van der Waals surface area contributed by atoms with Crippen molar-refractivity contribution in [1.29, 1.82) is 0 Å². The van der Waals surface area contributed by atoms with Crippen LogP contribution in [-0.2, 0) is 14.3 Å². The number of amides is 2. The van der Waals surface area contributed by atoms with Crippen molar-refractivity contribution in [2.24, 2.45) is 0 Å². The first-order chi connectivity index (χ1) is 18.2. The largest absolute Gasteiger partial charge is 0.448 e. The highest BCUT2D eigenvalue weighted by Crippen LogP contribution is 2.44. The number of ether oxygens (including phenoxy) is 2. The van der Waals surface area contributed by atoms with Crippen LogP contribution < -0.4 is 10.2 Å². The summed E-state index contributed by atoms with van der Waals surface area (Å²) in [5.74, 6) is 0.0467. The van der Waals surface area contributed by atoms with Crippen LogP contribution in [0, 0.1) is 6.07 Å². The predicted octanol–water partition coefficient (Wildman–Crippen LogP) is 4.68. The summed E-state index contributed by atoms with van der Waals surface area (Å²) < 4.78 is 11.1. The lowest BCUT2D eigenvalue weighted by atomic mass is 9.98. The third-order valence-electron chi connectivity index (χ3n) is 7.61. The Morgan fingerprint density at radius 1 is 0.946 bits per heavy atom. The number of hydrogen-bond donors (Lipinski definition) is 1. The quantitative estimate of drug-likeness (QED) is 0.556. The van der Waals surface area contributed by atoms with Crippen molar-refractivity contribution in [2.45, 2.75) is 24.8 Å². The molecular weight excluding hydrogens is 466 g/mol. The predicted molar refractivity (Wildman–Crippen MR) is 142 cm³/mol. The van der Waals surface area contributed by atoms with Crippen LogP contribution in [0.15, 0.2) is 66.7 Å². The summed E-state index contributed by atoms with van der Waals surface area (Å²) in [5.41, 5.74) is 5.86. The first-order valence-corrected chi connectivity index (χ1v) is 12.9. The Labute approximate surface area is 217 Å². The number of hydrogen-bond acceptors (Lipinski definition) is 5. The van der Waals surface area contributed by atoms with Gasteiger partial charge in [-0.25, -0.2) is 4.79 Å². The van der Waals surface area contributed by atoms with E-state index in [1.807, 2.05) is 36.4 Å². The molecule has 0 unspecified atom stereocenters. The van der Waals surface area contributed by atoms with Gasteiger partial charge in [0.05, 0.1) is 17.9 Å². The van der Waals surface area contributed by atoms with Gasteiger partial charge in [0.2, 0.25) is 5.91 Å². The van der Waals surface area contributed by atoms with Gasteiger partial charge >= 0.3 is 6.09 Å². The van der Waals surface area contributed by atoms with Crippen LogP contribution >= 0.6 is 0 Å². The zero-order chi connectivity index (χ0) is 25.2. The number of nitrogens with one attached hydrogen (secondary N) is 1. The van der Waals surface area contributed by atoms with E-state index in [1.54, 1.807) is 11.0 Å². The molecule has 7 nitrogen and oxygen atoms in total. The average molecular weight is 497 g/mol. The monoisotopic (exact) mass is 496 g/mol. The van der Waals surface area contributed by atoms with E-state index in [1.165, 1.54) is 22.3 Å². The van der Waals surface area contributed by atoms with Crippen molar-refractivity contribution in [3.05, 3.63) is 83.9 Å². The van der Waals surface area contributed by atoms with E-state index in [2.05, 4.69) is 40.5 Å². The van der Waals surface area contributed by atoms with E-state index < -0.39 is 6.09 Å². The number of rotatable bonds is 5. The molecule has 2 heterocycles. The van der Waals surface area contributed by atoms with E-state index >= 15 is 0 Å². The lowest BCUT2D eigenvalue weighted by Gasteiger charge is -2.40. The van der Waals surface area contributed by atoms with Crippen molar-refractivity contribution in [2.75, 3.05) is 49.7 Å². The van der Waals surface area contributed by atoms with Crippen molar-refractivity contribution in [1.82, 2.24) is 4.90 Å². The average Bonchev–Trinajstić information content (AvgIpc) is 3.26. The summed E-state index contributed by atoms with van der Waals surface area (Å²) >= 11 is 0. The molecule has 0 aromatic heterocycles. The molecule has 3 aromatic rings. The van der Waals surface area contributed by atoms with Gasteiger partial charge in [-0.15, -0.1) is 0 Å². The number of anilines is 2. The highest BCUT2D eigenvalue weighted by Gasteiger charge is 2.31. The molecule has 6 rings (SSSR count). The summed E-state index contributed by atoms with van der Waals surface area (Å²) in [4.78, 5) is 29.7. The third-order valence-corrected chi connectivity index (χ3v) is 7.61. The maximum absolute atomic E-state index is 13.0. The molecule has 0 bridgehead atoms. The highest BCUT2D eigenvalue weighted by molar-refractivity contribution is 5.96. The number of benzene rings is 3. The molecule has 3 aromatic carbocycles. The molecule has 37 heavy (non-hydrogen) atoms. The Morgan fingerprint density at radius 3 is 2.35 bits per heavy atom. The Balaban J connectivity index is 1.08. The van der Waals surface area contributed by atoms with Crippen molar-refractivity contribution >= 4 is 23.4 Å². The van der Waals surface area contributed by atoms with Gasteiger partial charge in [-0.05, 0) is 47.2 Å². The molecule has 0 atom stereocenters. The molecule has 189 valence electrons. The Morgan fingerprint density at radius 2 is 1.65 bits per heavy atom. The smallest absolute Gasteiger partial charge is 0.411 e. The zero-order valence-corrected chi connectivity index (χ0v) is 20.7. The normalized spacial score (nSPS) is 18.4. The summed E-state index contributed by atoms with van der Waals surface area (Å²) in [5, 5.41) is 2.79. The fourth-order valence-electron chi connectivity index (χ4n) is 5.74. The van der Waals surface area contributed by atoms with Gasteiger partial charge in [0.25, 0.3) is 0 Å². The Hall–Kier alpha value is -3.68. The number of piperazine rings is 1. The minimum absolute atomic E-state index is 0.00175. The van der Waals surface area contributed by atoms with Crippen LogP contribution in [0.25, 0.3) is 11.1 Å². The number of carbonyl (C=O) groups excluding carboxylic acids is 2. The molecule has 7 heteroatoms. The van der Waals surface area contributed by atoms with E-state index in [9.17, 15) is 9.59 Å². The summed E-state index contributed by atoms with van der Waals surface area (Å²) in [6.07, 6.45) is 1.41. The maximum Gasteiger partial charge on any atom is 0.411 e. The number of carbonyl (C=O) groups is 2. The number of nitrogens with zero attached hydrogens (tertiary/aromatic N) is 2. The first kappa shape index (κ1) is 23.7. The number of fused-ring (bicyclic) bond motifs is 3. The SMILES string of the molecule is O=C(Nc1[c]c(N2CCN(C3CCOCC3)CC2=O)ccc1)OCC1c2ccccc2-c2ccccc21. The van der Waals surface area contributed by atoms with Gasteiger partial charge in [0.15, 0.2) is 0 Å². The molecule has 1 radical (unpaired) electrons. The first-order valence-electron chi connectivity index (χ1n) is 12.9. The van der Waals surface area contributed by atoms with E-state index in [4.69, 9.17) is 9.47 Å². The van der Waals surface area contributed by atoms with Gasteiger partial charge in [0.1, 0.15) is 6.61 Å². The van der Waals surface area contributed by atoms with Gasteiger partial charge in [-0.3, -0.25) is 15.0 Å². The molecular formula is C30H30N3O4.